The zero-order chi connectivity index (χ0) is 12.5. The molecule has 0 aliphatic carbocycles. The lowest BCUT2D eigenvalue weighted by molar-refractivity contribution is 0.109. The van der Waals surface area contributed by atoms with Crippen LogP contribution < -0.4 is 0 Å². The predicted molar refractivity (Wildman–Crippen MR) is 76.0 cm³/mol. The molecule has 0 aromatic heterocycles. The number of nitrogens with zero attached hydrogens (tertiary/aromatic N) is 2. The molecule has 0 aromatic rings. The summed E-state index contributed by atoms with van der Waals surface area (Å²) < 4.78 is 5.63. The average molecular weight is 253 g/mol. The Bertz CT molecular complexity index is 406. The van der Waals surface area contributed by atoms with E-state index in [2.05, 4.69) is 28.8 Å². The number of ether oxygens (including phenoxy) is 1. The zero-order valence-electron chi connectivity index (χ0n) is 10.5. The molecule has 0 spiro atoms. The van der Waals surface area contributed by atoms with Crippen molar-refractivity contribution < 1.29 is 4.74 Å². The van der Waals surface area contributed by atoms with Gasteiger partial charge in [-0.05, 0) is 18.8 Å². The van der Waals surface area contributed by atoms with Gasteiger partial charge in [0.2, 0.25) is 0 Å². The van der Waals surface area contributed by atoms with Gasteiger partial charge in [-0.1, -0.05) is 0 Å². The van der Waals surface area contributed by atoms with Gasteiger partial charge in [0.05, 0.1) is 18.2 Å². The van der Waals surface area contributed by atoms with E-state index in [1.807, 2.05) is 11.8 Å². The summed E-state index contributed by atoms with van der Waals surface area (Å²) >= 11 is 0. The smallest absolute Gasteiger partial charge is 0.119 e. The number of nitrogens with one attached hydrogen (secondary N) is 1. The fraction of sp³-hybridized carbons (Fsp3) is 0.583. The minimum atomic E-state index is -0.791. The van der Waals surface area contributed by atoms with Crippen LogP contribution in [-0.4, -0.2) is 48.9 Å². The summed E-state index contributed by atoms with van der Waals surface area (Å²) in [5, 5.41) is 8.15. The minimum absolute atomic E-state index is 0.0760. The minimum Gasteiger partial charge on any atom is -0.495 e. The van der Waals surface area contributed by atoms with E-state index in [1.165, 1.54) is 0 Å². The lowest BCUT2D eigenvalue weighted by atomic mass is 9.90. The van der Waals surface area contributed by atoms with Gasteiger partial charge >= 0.3 is 0 Å². The highest BCUT2D eigenvalue weighted by atomic mass is 32.3. The Labute approximate surface area is 104 Å². The summed E-state index contributed by atoms with van der Waals surface area (Å²) in [5.74, 6) is 0.0760. The molecule has 5 heteroatoms. The van der Waals surface area contributed by atoms with Crippen molar-refractivity contribution in [3.8, 4) is 0 Å². The van der Waals surface area contributed by atoms with E-state index in [1.54, 1.807) is 6.26 Å². The zero-order valence-corrected chi connectivity index (χ0v) is 11.3. The molecule has 2 unspecified atom stereocenters. The van der Waals surface area contributed by atoms with E-state index in [-0.39, 0.29) is 12.0 Å². The highest BCUT2D eigenvalue weighted by Crippen LogP contribution is 2.32. The lowest BCUT2D eigenvalue weighted by Gasteiger charge is -2.31. The maximum absolute atomic E-state index is 8.15. The first-order valence-electron chi connectivity index (χ1n) is 5.62. The van der Waals surface area contributed by atoms with E-state index < -0.39 is 10.0 Å². The predicted octanol–water partition coefficient (Wildman–Crippen LogP) is 2.06. The van der Waals surface area contributed by atoms with Crippen molar-refractivity contribution in [2.45, 2.75) is 12.5 Å². The van der Waals surface area contributed by atoms with Gasteiger partial charge in [-0.3, -0.25) is 4.99 Å². The topological polar surface area (TPSA) is 57.8 Å². The molecular weight excluding hydrogens is 234 g/mol. The Morgan fingerprint density at radius 3 is 3.00 bits per heavy atom. The second-order valence-corrected chi connectivity index (χ2v) is 9.22. The van der Waals surface area contributed by atoms with Gasteiger partial charge in [0.15, 0.2) is 0 Å². The third-order valence-electron chi connectivity index (χ3n) is 2.73. The van der Waals surface area contributed by atoms with Crippen molar-refractivity contribution in [1.82, 2.24) is 0 Å². The maximum atomic E-state index is 8.15. The Morgan fingerprint density at radius 2 is 2.29 bits per heavy atom. The molecule has 0 aromatic carbocycles. The molecule has 2 aliphatic heterocycles. The van der Waals surface area contributed by atoms with Crippen molar-refractivity contribution >= 4 is 27.5 Å². The van der Waals surface area contributed by atoms with Crippen LogP contribution in [0.15, 0.2) is 21.9 Å². The first kappa shape index (κ1) is 12.4. The monoisotopic (exact) mass is 253 g/mol. The Kier molecular flexibility index (Phi) is 3.38. The Balaban J connectivity index is 2.13. The van der Waals surface area contributed by atoms with Crippen molar-refractivity contribution in [2.24, 2.45) is 15.9 Å². The molecule has 1 N–H and O–H groups in total. The van der Waals surface area contributed by atoms with Gasteiger partial charge in [-0.2, -0.15) is 0 Å². The van der Waals surface area contributed by atoms with Gasteiger partial charge < -0.3 is 10.1 Å². The molecular formula is C12H19N3OS. The van der Waals surface area contributed by atoms with Crippen molar-refractivity contribution in [3.05, 3.63) is 12.0 Å². The Morgan fingerprint density at radius 1 is 1.53 bits per heavy atom. The molecule has 2 rings (SSSR count). The average Bonchev–Trinajstić information content (AvgIpc) is 2.27. The molecule has 0 radical (unpaired) electrons. The number of fused-ring (bicyclic) bond motifs is 1. The molecule has 0 bridgehead atoms. The van der Waals surface area contributed by atoms with Crippen LogP contribution in [0.3, 0.4) is 0 Å². The number of rotatable bonds is 2. The SMILES string of the molecule is CS(C)(C)C=NC1=COC2CC=NCC2C1=N. The summed E-state index contributed by atoms with van der Waals surface area (Å²) in [4.78, 5) is 8.63. The van der Waals surface area contributed by atoms with E-state index in [0.29, 0.717) is 18.0 Å². The molecule has 2 atom stereocenters. The van der Waals surface area contributed by atoms with Crippen molar-refractivity contribution in [2.75, 3.05) is 25.3 Å². The molecule has 0 saturated heterocycles. The number of allylic oxidation sites excluding steroid dienone is 1. The first-order chi connectivity index (χ1) is 7.97. The van der Waals surface area contributed by atoms with Crippen LogP contribution in [0.4, 0.5) is 0 Å². The van der Waals surface area contributed by atoms with Crippen molar-refractivity contribution in [3.63, 3.8) is 0 Å². The van der Waals surface area contributed by atoms with Crippen LogP contribution in [0.5, 0.6) is 0 Å². The summed E-state index contributed by atoms with van der Waals surface area (Å²) in [6.45, 7) is 0.652. The third kappa shape index (κ3) is 2.97. The number of aliphatic imine (C=N–C) groups is 2. The second-order valence-electron chi connectivity index (χ2n) is 5.15. The van der Waals surface area contributed by atoms with E-state index >= 15 is 0 Å². The molecule has 2 aliphatic rings. The van der Waals surface area contributed by atoms with Crippen LogP contribution in [0, 0.1) is 11.3 Å². The fourth-order valence-electron chi connectivity index (χ4n) is 1.80. The third-order valence-corrected chi connectivity index (χ3v) is 3.46. The largest absolute Gasteiger partial charge is 0.495 e. The fourth-order valence-corrected chi connectivity index (χ4v) is 2.23. The summed E-state index contributed by atoms with van der Waals surface area (Å²) in [7, 11) is -0.791. The highest BCUT2D eigenvalue weighted by molar-refractivity contribution is 8.42. The molecule has 17 heavy (non-hydrogen) atoms. The van der Waals surface area contributed by atoms with Gasteiger partial charge in [0.1, 0.15) is 18.1 Å². The summed E-state index contributed by atoms with van der Waals surface area (Å²) in [6.07, 6.45) is 10.9. The van der Waals surface area contributed by atoms with Gasteiger partial charge in [0.25, 0.3) is 0 Å². The quantitative estimate of drug-likeness (QED) is 0.594. The van der Waals surface area contributed by atoms with Gasteiger partial charge in [-0.25, -0.2) is 15.0 Å². The summed E-state index contributed by atoms with van der Waals surface area (Å²) in [6, 6.07) is 0. The van der Waals surface area contributed by atoms with E-state index in [9.17, 15) is 0 Å². The standard InChI is InChI=1S/C12H19N3OS/c1-17(2,3)8-15-10-7-16-11-4-5-14-6-9(11)12(10)13/h5,7-9,11,13H,4,6H2,1-3H3. The van der Waals surface area contributed by atoms with Crippen LogP contribution >= 0.6 is 10.0 Å². The Hall–Kier alpha value is -1.10. The van der Waals surface area contributed by atoms with E-state index in [4.69, 9.17) is 10.1 Å². The number of hydrogen-bond acceptors (Lipinski definition) is 4. The molecule has 0 amide bonds. The highest BCUT2D eigenvalue weighted by Gasteiger charge is 2.33. The lowest BCUT2D eigenvalue weighted by Crippen LogP contribution is -2.38. The van der Waals surface area contributed by atoms with Gasteiger partial charge in [-0.15, -0.1) is 0 Å². The molecule has 2 heterocycles. The van der Waals surface area contributed by atoms with Gasteiger partial charge in [0, 0.05) is 18.2 Å². The van der Waals surface area contributed by atoms with Crippen LogP contribution in [0.2, 0.25) is 0 Å². The van der Waals surface area contributed by atoms with E-state index in [0.717, 1.165) is 6.42 Å². The molecule has 4 nitrogen and oxygen atoms in total. The molecule has 0 fully saturated rings. The second kappa shape index (κ2) is 4.64. The van der Waals surface area contributed by atoms with Crippen LogP contribution in [-0.2, 0) is 4.74 Å². The molecule has 94 valence electrons. The van der Waals surface area contributed by atoms with Crippen LogP contribution in [0.25, 0.3) is 0 Å². The normalized spacial score (nSPS) is 29.8. The van der Waals surface area contributed by atoms with Crippen LogP contribution in [0.1, 0.15) is 6.42 Å². The number of hydrogen-bond donors (Lipinski definition) is 1. The van der Waals surface area contributed by atoms with Crippen molar-refractivity contribution in [1.29, 1.82) is 5.41 Å². The first-order valence-corrected chi connectivity index (χ1v) is 8.54. The molecule has 0 saturated carbocycles. The summed E-state index contributed by atoms with van der Waals surface area (Å²) in [5.41, 5.74) is 3.17. The maximum Gasteiger partial charge on any atom is 0.119 e.